The van der Waals surface area contributed by atoms with Crippen LogP contribution >= 0.6 is 0 Å². The minimum absolute atomic E-state index is 0.641. The second-order valence-corrected chi connectivity index (χ2v) is 20.2. The molecule has 6 heterocycles. The Labute approximate surface area is 440 Å². The van der Waals surface area contributed by atoms with E-state index in [9.17, 15) is 0 Å². The number of rotatable bonds is 6. The monoisotopic (exact) mass is 982 g/mol. The molecule has 0 N–H and O–H groups in total. The van der Waals surface area contributed by atoms with Crippen molar-refractivity contribution in [1.82, 2.24) is 28.2 Å². The van der Waals surface area contributed by atoms with E-state index >= 15 is 0 Å². The first-order chi connectivity index (χ1) is 38.2. The molecule has 77 heavy (non-hydrogen) atoms. The van der Waals surface area contributed by atoms with Crippen molar-refractivity contribution in [2.24, 2.45) is 0 Å². The molecule has 0 aliphatic carbocycles. The number of fused-ring (bicyclic) bond motifs is 15. The van der Waals surface area contributed by atoms with E-state index in [1.807, 2.05) is 0 Å². The Morgan fingerprint density at radius 3 is 1.06 bits per heavy atom. The minimum atomic E-state index is 0.641. The lowest BCUT2D eigenvalue weighted by Gasteiger charge is -2.09. The van der Waals surface area contributed by atoms with E-state index in [1.54, 1.807) is 6.33 Å². The lowest BCUT2D eigenvalue weighted by molar-refractivity contribution is 0.662. The highest BCUT2D eigenvalue weighted by Gasteiger charge is 2.23. The molecule has 0 aliphatic rings. The number of furan rings is 1. The molecule has 0 aliphatic heterocycles. The largest absolute Gasteiger partial charge is 0.450 e. The summed E-state index contributed by atoms with van der Waals surface area (Å²) < 4.78 is 16.2. The zero-order valence-electron chi connectivity index (χ0n) is 41.3. The number of nitrogens with zero attached hydrogens (tertiary/aromatic N) is 6. The average molecular weight is 983 g/mol. The van der Waals surface area contributed by atoms with Crippen molar-refractivity contribution in [2.75, 3.05) is 0 Å². The average Bonchev–Trinajstić information content (AvgIpc) is 4.36. The summed E-state index contributed by atoms with van der Waals surface area (Å²) in [5.41, 5.74) is 19.3. The number of para-hydroxylation sites is 6. The van der Waals surface area contributed by atoms with E-state index in [1.165, 1.54) is 65.5 Å². The molecular formula is C70H42N6O. The van der Waals surface area contributed by atoms with Crippen LogP contribution < -0.4 is 0 Å². The predicted octanol–water partition coefficient (Wildman–Crippen LogP) is 18.1. The Morgan fingerprint density at radius 2 is 0.623 bits per heavy atom. The van der Waals surface area contributed by atoms with Crippen molar-refractivity contribution in [1.29, 1.82) is 0 Å². The summed E-state index contributed by atoms with van der Waals surface area (Å²) >= 11 is 0. The van der Waals surface area contributed by atoms with Gasteiger partial charge in [-0.25, -0.2) is 9.97 Å². The van der Waals surface area contributed by atoms with Crippen molar-refractivity contribution in [3.8, 4) is 45.1 Å². The second-order valence-electron chi connectivity index (χ2n) is 20.2. The molecule has 7 nitrogen and oxygen atoms in total. The lowest BCUT2D eigenvalue weighted by Crippen LogP contribution is -1.98. The zero-order valence-corrected chi connectivity index (χ0v) is 41.3. The SMILES string of the molecule is c1ccc(-n2c3ccccc3c3cc(-c4ccc5c(c4)c4ccccc4n5-c4ccc5oc6c(-n7c8ccccc8c8cc(-c9ccc%10c(c9)c9ccccc9n%10-c9ccccc9)ccc87)ncnc6c5c4)ccc32)cc1. The molecule has 7 heteroatoms. The maximum atomic E-state index is 6.85. The van der Waals surface area contributed by atoms with Gasteiger partial charge >= 0.3 is 0 Å². The molecule has 0 bridgehead atoms. The molecule has 17 rings (SSSR count). The first-order valence-electron chi connectivity index (χ1n) is 26.1. The number of hydrogen-bond acceptors (Lipinski definition) is 3. The number of hydrogen-bond donors (Lipinski definition) is 0. The minimum Gasteiger partial charge on any atom is -0.450 e. The van der Waals surface area contributed by atoms with Crippen LogP contribution in [-0.2, 0) is 0 Å². The molecular weight excluding hydrogens is 941 g/mol. The zero-order chi connectivity index (χ0) is 50.3. The molecule has 0 atom stereocenters. The highest BCUT2D eigenvalue weighted by Crippen LogP contribution is 2.43. The van der Waals surface area contributed by atoms with E-state index in [0.717, 1.165) is 77.5 Å². The second kappa shape index (κ2) is 16.0. The standard InChI is InChI=1S/C70H42N6O/c1-3-15-47(16-4-1)73-59-23-11-7-19-50(59)54-37-43(27-32-63(54)73)45-29-34-65-56(39-45)52-21-9-13-25-61(52)75(65)49-31-36-67-58(41-49)68-69(77-67)70(72-42-71-68)76-62-26-14-10-22-53(62)57-40-46(30-35-66(57)76)44-28-33-64-55(38-44)51-20-8-12-24-60(51)74(64)48-17-5-2-6-18-48/h1-42H. The molecule has 0 amide bonds. The summed E-state index contributed by atoms with van der Waals surface area (Å²) in [4.78, 5) is 9.94. The molecule has 0 radical (unpaired) electrons. The first-order valence-corrected chi connectivity index (χ1v) is 26.1. The maximum absolute atomic E-state index is 6.85. The molecule has 17 aromatic rings. The molecule has 6 aromatic heterocycles. The fourth-order valence-electron chi connectivity index (χ4n) is 12.7. The Hall–Kier alpha value is -10.5. The first kappa shape index (κ1) is 41.9. The molecule has 0 saturated carbocycles. The normalized spacial score (nSPS) is 12.2. The fraction of sp³-hybridized carbons (Fsp3) is 0. The van der Waals surface area contributed by atoms with Crippen LogP contribution in [0.1, 0.15) is 0 Å². The van der Waals surface area contributed by atoms with E-state index in [4.69, 9.17) is 14.4 Å². The summed E-state index contributed by atoms with van der Waals surface area (Å²) in [6.45, 7) is 0. The van der Waals surface area contributed by atoms with Gasteiger partial charge in [0, 0.05) is 65.5 Å². The summed E-state index contributed by atoms with van der Waals surface area (Å²) in [6, 6.07) is 89.9. The Morgan fingerprint density at radius 1 is 0.260 bits per heavy atom. The van der Waals surface area contributed by atoms with Gasteiger partial charge in [-0.2, -0.15) is 0 Å². The summed E-state index contributed by atoms with van der Waals surface area (Å²) in [5.74, 6) is 0.703. The van der Waals surface area contributed by atoms with Gasteiger partial charge in [0.25, 0.3) is 0 Å². The van der Waals surface area contributed by atoms with Crippen LogP contribution in [-0.4, -0.2) is 28.2 Å². The van der Waals surface area contributed by atoms with Crippen molar-refractivity contribution >= 4 is 109 Å². The summed E-state index contributed by atoms with van der Waals surface area (Å²) in [5, 5.41) is 10.5. The molecule has 0 spiro atoms. The third-order valence-electron chi connectivity index (χ3n) is 16.1. The molecule has 358 valence electrons. The molecule has 0 fully saturated rings. The highest BCUT2D eigenvalue weighted by molar-refractivity contribution is 6.16. The van der Waals surface area contributed by atoms with Gasteiger partial charge in [-0.05, 0) is 138 Å². The van der Waals surface area contributed by atoms with Gasteiger partial charge in [0.1, 0.15) is 17.4 Å². The predicted molar refractivity (Wildman–Crippen MR) is 318 cm³/mol. The van der Waals surface area contributed by atoms with Crippen LogP contribution in [0.15, 0.2) is 259 Å². The molecule has 0 saturated heterocycles. The van der Waals surface area contributed by atoms with Gasteiger partial charge < -0.3 is 18.1 Å². The van der Waals surface area contributed by atoms with Crippen LogP contribution in [0.25, 0.3) is 154 Å². The number of aromatic nitrogens is 6. The van der Waals surface area contributed by atoms with Crippen molar-refractivity contribution in [2.45, 2.75) is 0 Å². The summed E-state index contributed by atoms with van der Waals surface area (Å²) in [6.07, 6.45) is 1.67. The van der Waals surface area contributed by atoms with Crippen LogP contribution in [0.2, 0.25) is 0 Å². The fourth-order valence-corrected chi connectivity index (χ4v) is 12.7. The van der Waals surface area contributed by atoms with Gasteiger partial charge in [-0.15, -0.1) is 0 Å². The number of benzene rings is 11. The van der Waals surface area contributed by atoms with Gasteiger partial charge in [-0.3, -0.25) is 4.57 Å². The smallest absolute Gasteiger partial charge is 0.197 e. The third kappa shape index (κ3) is 6.08. The van der Waals surface area contributed by atoms with E-state index < -0.39 is 0 Å². The topological polar surface area (TPSA) is 58.6 Å². The van der Waals surface area contributed by atoms with Gasteiger partial charge in [0.05, 0.1) is 44.1 Å². The van der Waals surface area contributed by atoms with Crippen LogP contribution in [0.5, 0.6) is 0 Å². The third-order valence-corrected chi connectivity index (χ3v) is 16.1. The quantitative estimate of drug-likeness (QED) is 0.167. The van der Waals surface area contributed by atoms with E-state index in [2.05, 4.69) is 267 Å². The van der Waals surface area contributed by atoms with Crippen LogP contribution in [0.3, 0.4) is 0 Å². The van der Waals surface area contributed by atoms with E-state index in [0.29, 0.717) is 11.4 Å². The van der Waals surface area contributed by atoms with Crippen molar-refractivity contribution < 1.29 is 4.42 Å². The molecule has 0 unspecified atom stereocenters. The maximum Gasteiger partial charge on any atom is 0.197 e. The van der Waals surface area contributed by atoms with Crippen molar-refractivity contribution in [3.63, 3.8) is 0 Å². The van der Waals surface area contributed by atoms with Gasteiger partial charge in [0.2, 0.25) is 0 Å². The molecule has 11 aromatic carbocycles. The Kier molecular flexibility index (Phi) is 8.71. The van der Waals surface area contributed by atoms with Gasteiger partial charge in [0.15, 0.2) is 11.4 Å². The Balaban J connectivity index is 0.777. The summed E-state index contributed by atoms with van der Waals surface area (Å²) in [7, 11) is 0. The lowest BCUT2D eigenvalue weighted by atomic mass is 10.0. The Bertz CT molecular complexity index is 5290. The van der Waals surface area contributed by atoms with Gasteiger partial charge in [-0.1, -0.05) is 133 Å². The van der Waals surface area contributed by atoms with Crippen molar-refractivity contribution in [3.05, 3.63) is 255 Å². The van der Waals surface area contributed by atoms with Crippen LogP contribution in [0, 0.1) is 0 Å². The van der Waals surface area contributed by atoms with E-state index in [-0.39, 0.29) is 0 Å². The highest BCUT2D eigenvalue weighted by atomic mass is 16.3. The van der Waals surface area contributed by atoms with Crippen LogP contribution in [0.4, 0.5) is 0 Å².